The number of aromatic nitrogens is 2. The van der Waals surface area contributed by atoms with Gasteiger partial charge in [-0.2, -0.15) is 5.10 Å². The Labute approximate surface area is 106 Å². The molecule has 1 aliphatic heterocycles. The molecule has 0 fully saturated rings. The van der Waals surface area contributed by atoms with Crippen molar-refractivity contribution in [1.29, 1.82) is 0 Å². The van der Waals surface area contributed by atoms with Gasteiger partial charge in [-0.05, 0) is 18.6 Å². The summed E-state index contributed by atoms with van der Waals surface area (Å²) in [4.78, 5) is 0. The molecule has 18 heavy (non-hydrogen) atoms. The Bertz CT molecular complexity index is 548. The number of anilines is 1. The van der Waals surface area contributed by atoms with Gasteiger partial charge < -0.3 is 14.8 Å². The number of ether oxygens (including phenoxy) is 2. The molecular weight excluding hydrogens is 230 g/mol. The van der Waals surface area contributed by atoms with Crippen LogP contribution in [0.1, 0.15) is 12.5 Å². The van der Waals surface area contributed by atoms with Crippen LogP contribution in [0.2, 0.25) is 0 Å². The van der Waals surface area contributed by atoms with Crippen LogP contribution < -0.4 is 5.32 Å². The zero-order chi connectivity index (χ0) is 12.5. The van der Waals surface area contributed by atoms with Crippen molar-refractivity contribution in [2.75, 3.05) is 26.1 Å². The van der Waals surface area contributed by atoms with E-state index < -0.39 is 0 Å². The Balaban J connectivity index is 2.10. The van der Waals surface area contributed by atoms with Gasteiger partial charge in [-0.15, -0.1) is 0 Å². The molecular formula is C13H17N3O2. The normalized spacial score (nSPS) is 18.9. The van der Waals surface area contributed by atoms with E-state index in [-0.39, 0.29) is 12.3 Å². The molecule has 1 N–H and O–H groups in total. The summed E-state index contributed by atoms with van der Waals surface area (Å²) in [5, 5.41) is 9.20. The summed E-state index contributed by atoms with van der Waals surface area (Å²) in [5.41, 5.74) is 0.998. The molecule has 1 unspecified atom stereocenters. The third-order valence-electron chi connectivity index (χ3n) is 3.43. The molecule has 1 aliphatic rings. The van der Waals surface area contributed by atoms with Gasteiger partial charge in [0, 0.05) is 26.2 Å². The maximum absolute atomic E-state index is 5.38. The van der Waals surface area contributed by atoms with Gasteiger partial charge in [-0.3, -0.25) is 0 Å². The fourth-order valence-electron chi connectivity index (χ4n) is 2.59. The van der Waals surface area contributed by atoms with Crippen molar-refractivity contribution < 1.29 is 9.47 Å². The lowest BCUT2D eigenvalue weighted by Crippen LogP contribution is -2.34. The van der Waals surface area contributed by atoms with E-state index in [0.717, 1.165) is 29.7 Å². The number of fused-ring (bicyclic) bond motifs is 3. The Morgan fingerprint density at radius 3 is 2.89 bits per heavy atom. The molecule has 5 nitrogen and oxygen atoms in total. The van der Waals surface area contributed by atoms with Gasteiger partial charge in [0.2, 0.25) is 0 Å². The van der Waals surface area contributed by atoms with Crippen LogP contribution in [0.25, 0.3) is 10.9 Å². The SMILES string of the molecule is COC(OC)C1CCNc2c3ccccc3nn21. The molecule has 0 saturated heterocycles. The molecule has 0 bridgehead atoms. The minimum absolute atomic E-state index is 0.114. The van der Waals surface area contributed by atoms with Crippen LogP contribution in [0.15, 0.2) is 24.3 Å². The molecule has 0 saturated carbocycles. The van der Waals surface area contributed by atoms with Crippen molar-refractivity contribution in [2.45, 2.75) is 18.8 Å². The van der Waals surface area contributed by atoms with E-state index in [1.54, 1.807) is 14.2 Å². The minimum Gasteiger partial charge on any atom is -0.370 e. The number of methoxy groups -OCH3 is 2. The predicted octanol–water partition coefficient (Wildman–Crippen LogP) is 2.01. The second-order valence-electron chi connectivity index (χ2n) is 4.43. The van der Waals surface area contributed by atoms with Gasteiger partial charge in [0.05, 0.1) is 5.52 Å². The fraction of sp³-hybridized carbons (Fsp3) is 0.462. The Hall–Kier alpha value is -1.59. The molecule has 96 valence electrons. The number of nitrogens with one attached hydrogen (secondary N) is 1. The highest BCUT2D eigenvalue weighted by atomic mass is 16.7. The van der Waals surface area contributed by atoms with Gasteiger partial charge in [-0.1, -0.05) is 12.1 Å². The summed E-state index contributed by atoms with van der Waals surface area (Å²) in [7, 11) is 3.33. The summed E-state index contributed by atoms with van der Waals surface area (Å²) >= 11 is 0. The van der Waals surface area contributed by atoms with Crippen LogP contribution in [0.5, 0.6) is 0 Å². The maximum atomic E-state index is 5.38. The van der Waals surface area contributed by atoms with Crippen LogP contribution in [0.4, 0.5) is 5.82 Å². The highest BCUT2D eigenvalue weighted by Crippen LogP contribution is 2.33. The standard InChI is InChI=1S/C13H17N3O2/c1-17-13(18-2)11-7-8-14-12-9-5-3-4-6-10(9)15-16(11)12/h3-6,11,13-14H,7-8H2,1-2H3. The Morgan fingerprint density at radius 2 is 2.11 bits per heavy atom. The van der Waals surface area contributed by atoms with Crippen molar-refractivity contribution in [1.82, 2.24) is 9.78 Å². The predicted molar refractivity (Wildman–Crippen MR) is 69.7 cm³/mol. The highest BCUT2D eigenvalue weighted by molar-refractivity contribution is 5.90. The van der Waals surface area contributed by atoms with Crippen LogP contribution in [-0.2, 0) is 9.47 Å². The number of hydrogen-bond acceptors (Lipinski definition) is 4. The first-order valence-corrected chi connectivity index (χ1v) is 6.12. The molecule has 3 rings (SSSR count). The lowest BCUT2D eigenvalue weighted by atomic mass is 10.1. The van der Waals surface area contributed by atoms with Gasteiger partial charge in [0.1, 0.15) is 11.9 Å². The topological polar surface area (TPSA) is 48.3 Å². The molecule has 0 radical (unpaired) electrons. The monoisotopic (exact) mass is 247 g/mol. The minimum atomic E-state index is -0.264. The summed E-state index contributed by atoms with van der Waals surface area (Å²) in [6.45, 7) is 0.906. The van der Waals surface area contributed by atoms with Crippen molar-refractivity contribution in [3.05, 3.63) is 24.3 Å². The third kappa shape index (κ3) is 1.67. The van der Waals surface area contributed by atoms with E-state index in [9.17, 15) is 0 Å². The summed E-state index contributed by atoms with van der Waals surface area (Å²) in [6, 6.07) is 8.25. The molecule has 5 heteroatoms. The lowest BCUT2D eigenvalue weighted by Gasteiger charge is -2.30. The number of benzene rings is 1. The average Bonchev–Trinajstić information content (AvgIpc) is 2.80. The largest absolute Gasteiger partial charge is 0.370 e. The van der Waals surface area contributed by atoms with Crippen LogP contribution >= 0.6 is 0 Å². The van der Waals surface area contributed by atoms with Crippen LogP contribution in [0, 0.1) is 0 Å². The summed E-state index contributed by atoms with van der Waals surface area (Å²) in [6.07, 6.45) is 0.674. The van der Waals surface area contributed by atoms with Crippen LogP contribution in [-0.4, -0.2) is 36.8 Å². The maximum Gasteiger partial charge on any atom is 0.179 e. The van der Waals surface area contributed by atoms with Crippen molar-refractivity contribution in [3.63, 3.8) is 0 Å². The van der Waals surface area contributed by atoms with E-state index in [4.69, 9.17) is 9.47 Å². The Morgan fingerprint density at radius 1 is 1.33 bits per heavy atom. The van der Waals surface area contributed by atoms with Crippen molar-refractivity contribution in [3.8, 4) is 0 Å². The molecule has 1 atom stereocenters. The van der Waals surface area contributed by atoms with Gasteiger partial charge >= 0.3 is 0 Å². The average molecular weight is 247 g/mol. The number of rotatable bonds is 3. The quantitative estimate of drug-likeness (QED) is 0.843. The second kappa shape index (κ2) is 4.59. The van der Waals surface area contributed by atoms with E-state index in [1.165, 1.54) is 0 Å². The molecule has 1 aromatic carbocycles. The number of nitrogens with zero attached hydrogens (tertiary/aromatic N) is 2. The first kappa shape index (κ1) is 11.5. The Kier molecular flexibility index (Phi) is 2.93. The summed E-state index contributed by atoms with van der Waals surface area (Å²) in [5.74, 6) is 1.06. The smallest absolute Gasteiger partial charge is 0.179 e. The second-order valence-corrected chi connectivity index (χ2v) is 4.43. The van der Waals surface area contributed by atoms with Gasteiger partial charge in [0.25, 0.3) is 0 Å². The fourth-order valence-corrected chi connectivity index (χ4v) is 2.59. The van der Waals surface area contributed by atoms with E-state index in [1.807, 2.05) is 22.9 Å². The van der Waals surface area contributed by atoms with E-state index in [0.29, 0.717) is 0 Å². The molecule has 2 aromatic rings. The molecule has 1 aromatic heterocycles. The summed E-state index contributed by atoms with van der Waals surface area (Å²) < 4.78 is 12.8. The molecule has 0 amide bonds. The van der Waals surface area contributed by atoms with Crippen molar-refractivity contribution >= 4 is 16.7 Å². The van der Waals surface area contributed by atoms with Gasteiger partial charge in [0.15, 0.2) is 6.29 Å². The highest BCUT2D eigenvalue weighted by Gasteiger charge is 2.29. The molecule has 0 spiro atoms. The molecule has 0 aliphatic carbocycles. The zero-order valence-electron chi connectivity index (χ0n) is 10.6. The molecule has 2 heterocycles. The first-order chi connectivity index (χ1) is 8.85. The van der Waals surface area contributed by atoms with Crippen molar-refractivity contribution in [2.24, 2.45) is 0 Å². The number of hydrogen-bond donors (Lipinski definition) is 1. The lowest BCUT2D eigenvalue weighted by molar-refractivity contribution is -0.135. The van der Waals surface area contributed by atoms with Crippen LogP contribution in [0.3, 0.4) is 0 Å². The third-order valence-corrected chi connectivity index (χ3v) is 3.43. The van der Waals surface area contributed by atoms with E-state index in [2.05, 4.69) is 16.5 Å². The van der Waals surface area contributed by atoms with E-state index >= 15 is 0 Å². The zero-order valence-corrected chi connectivity index (χ0v) is 10.6. The van der Waals surface area contributed by atoms with Gasteiger partial charge in [-0.25, -0.2) is 4.68 Å². The first-order valence-electron chi connectivity index (χ1n) is 6.12.